The standard InChI is InChI=1S/C62H110O6/c1-4-7-10-13-16-19-22-25-28-31-32-35-37-40-43-46-49-52-55-61(64)67-58-59(68-62(65)56-53-50-47-44-41-38-34-30-27-24-21-18-15-12-9-6-3)57-66-60(63)54-51-48-45-42-39-36-33-29-26-23-20-17-14-11-8-5-2/h10,13,16,19,22,25,28,31-32,35,59H,4-9,11-12,14-15,17-18,20-21,23-24,26-27,29-30,33-34,36-58H2,1-3H3/b13-10-,19-16-,25-22-,31-28-,35-32-. The van der Waals surface area contributed by atoms with Crippen LogP contribution in [0.15, 0.2) is 60.8 Å². The number of hydrogen-bond donors (Lipinski definition) is 0. The Morgan fingerprint density at radius 2 is 0.559 bits per heavy atom. The van der Waals surface area contributed by atoms with Crippen molar-refractivity contribution >= 4 is 17.9 Å². The summed E-state index contributed by atoms with van der Waals surface area (Å²) in [5.41, 5.74) is 0. The molecule has 0 saturated carbocycles. The molecule has 6 nitrogen and oxygen atoms in total. The van der Waals surface area contributed by atoms with Gasteiger partial charge in [0, 0.05) is 19.3 Å². The molecule has 0 aromatic rings. The van der Waals surface area contributed by atoms with Crippen LogP contribution in [0.5, 0.6) is 0 Å². The maximum atomic E-state index is 12.9. The van der Waals surface area contributed by atoms with Gasteiger partial charge in [-0.05, 0) is 38.5 Å². The van der Waals surface area contributed by atoms with Crippen LogP contribution in [0.4, 0.5) is 0 Å². The maximum absolute atomic E-state index is 12.9. The molecule has 0 amide bonds. The van der Waals surface area contributed by atoms with E-state index in [0.29, 0.717) is 19.3 Å². The summed E-state index contributed by atoms with van der Waals surface area (Å²) in [4.78, 5) is 38.2. The van der Waals surface area contributed by atoms with Gasteiger partial charge in [-0.2, -0.15) is 0 Å². The van der Waals surface area contributed by atoms with Crippen molar-refractivity contribution in [2.75, 3.05) is 13.2 Å². The highest BCUT2D eigenvalue weighted by Gasteiger charge is 2.19. The zero-order valence-electron chi connectivity index (χ0n) is 45.1. The average Bonchev–Trinajstić information content (AvgIpc) is 3.34. The van der Waals surface area contributed by atoms with Gasteiger partial charge < -0.3 is 14.2 Å². The van der Waals surface area contributed by atoms with Crippen LogP contribution in [0.25, 0.3) is 0 Å². The molecule has 1 unspecified atom stereocenters. The molecule has 394 valence electrons. The number of esters is 3. The van der Waals surface area contributed by atoms with Crippen molar-refractivity contribution in [1.29, 1.82) is 0 Å². The molecule has 0 rings (SSSR count). The quantitative estimate of drug-likeness (QED) is 0.0262. The van der Waals surface area contributed by atoms with Crippen molar-refractivity contribution in [3.63, 3.8) is 0 Å². The molecule has 0 aliphatic rings. The number of carbonyl (C=O) groups is 3. The van der Waals surface area contributed by atoms with Gasteiger partial charge in [0.1, 0.15) is 13.2 Å². The molecular weight excluding hydrogens is 841 g/mol. The number of hydrogen-bond acceptors (Lipinski definition) is 6. The highest BCUT2D eigenvalue weighted by Crippen LogP contribution is 2.17. The number of allylic oxidation sites excluding steroid dienone is 10. The van der Waals surface area contributed by atoms with Crippen molar-refractivity contribution in [2.45, 2.75) is 303 Å². The van der Waals surface area contributed by atoms with Crippen LogP contribution in [-0.4, -0.2) is 37.2 Å². The second-order valence-corrected chi connectivity index (χ2v) is 19.7. The summed E-state index contributed by atoms with van der Waals surface area (Å²) in [7, 11) is 0. The molecule has 0 aromatic heterocycles. The van der Waals surface area contributed by atoms with E-state index in [-0.39, 0.29) is 31.1 Å². The van der Waals surface area contributed by atoms with Crippen LogP contribution in [0, 0.1) is 0 Å². The van der Waals surface area contributed by atoms with Gasteiger partial charge >= 0.3 is 17.9 Å². The lowest BCUT2D eigenvalue weighted by Gasteiger charge is -2.18. The molecule has 0 saturated heterocycles. The smallest absolute Gasteiger partial charge is 0.306 e. The molecule has 0 spiro atoms. The second-order valence-electron chi connectivity index (χ2n) is 19.7. The fraction of sp³-hybridized carbons (Fsp3) is 0.790. The molecule has 6 heteroatoms. The van der Waals surface area contributed by atoms with Gasteiger partial charge in [0.2, 0.25) is 0 Å². The van der Waals surface area contributed by atoms with Crippen LogP contribution in [0.2, 0.25) is 0 Å². The minimum atomic E-state index is -0.782. The number of unbranched alkanes of at least 4 members (excludes halogenated alkanes) is 36. The highest BCUT2D eigenvalue weighted by atomic mass is 16.6. The zero-order valence-corrected chi connectivity index (χ0v) is 45.1. The summed E-state index contributed by atoms with van der Waals surface area (Å²) in [6.07, 6.45) is 70.6. The van der Waals surface area contributed by atoms with Gasteiger partial charge in [0.05, 0.1) is 0 Å². The van der Waals surface area contributed by atoms with E-state index in [4.69, 9.17) is 14.2 Å². The van der Waals surface area contributed by atoms with Gasteiger partial charge in [-0.3, -0.25) is 14.4 Å². The Morgan fingerprint density at radius 3 is 0.882 bits per heavy atom. The van der Waals surface area contributed by atoms with Crippen molar-refractivity contribution in [2.24, 2.45) is 0 Å². The van der Waals surface area contributed by atoms with E-state index in [1.807, 2.05) is 24.3 Å². The van der Waals surface area contributed by atoms with Gasteiger partial charge in [0.15, 0.2) is 6.10 Å². The first-order valence-electron chi connectivity index (χ1n) is 29.4. The molecule has 1 atom stereocenters. The number of ether oxygens (including phenoxy) is 3. The van der Waals surface area contributed by atoms with E-state index in [9.17, 15) is 14.4 Å². The zero-order chi connectivity index (χ0) is 49.3. The monoisotopic (exact) mass is 951 g/mol. The van der Waals surface area contributed by atoms with Crippen molar-refractivity contribution in [3.8, 4) is 0 Å². The summed E-state index contributed by atoms with van der Waals surface area (Å²) in [5, 5.41) is 0. The van der Waals surface area contributed by atoms with Crippen LogP contribution >= 0.6 is 0 Å². The van der Waals surface area contributed by atoms with Crippen molar-refractivity contribution in [1.82, 2.24) is 0 Å². The molecule has 0 bridgehead atoms. The number of rotatable bonds is 53. The normalized spacial score (nSPS) is 12.5. The topological polar surface area (TPSA) is 78.9 Å². The van der Waals surface area contributed by atoms with Crippen LogP contribution in [0.3, 0.4) is 0 Å². The molecule has 68 heavy (non-hydrogen) atoms. The first-order chi connectivity index (χ1) is 33.5. The van der Waals surface area contributed by atoms with E-state index < -0.39 is 6.10 Å². The summed E-state index contributed by atoms with van der Waals surface area (Å²) < 4.78 is 16.9. The summed E-state index contributed by atoms with van der Waals surface area (Å²) in [5.74, 6) is -0.888. The average molecular weight is 952 g/mol. The molecule has 0 aliphatic carbocycles. The van der Waals surface area contributed by atoms with Crippen molar-refractivity contribution in [3.05, 3.63) is 60.8 Å². The van der Waals surface area contributed by atoms with Gasteiger partial charge in [-0.1, -0.05) is 300 Å². The lowest BCUT2D eigenvalue weighted by Crippen LogP contribution is -2.30. The van der Waals surface area contributed by atoms with E-state index >= 15 is 0 Å². The predicted molar refractivity (Wildman–Crippen MR) is 293 cm³/mol. The minimum Gasteiger partial charge on any atom is -0.462 e. The molecular formula is C62H110O6. The molecule has 0 radical (unpaired) electrons. The van der Waals surface area contributed by atoms with E-state index in [0.717, 1.165) is 83.5 Å². The Balaban J connectivity index is 4.40. The van der Waals surface area contributed by atoms with Gasteiger partial charge in [0.25, 0.3) is 0 Å². The third-order valence-electron chi connectivity index (χ3n) is 12.9. The lowest BCUT2D eigenvalue weighted by atomic mass is 10.0. The second kappa shape index (κ2) is 56.7. The Morgan fingerprint density at radius 1 is 0.294 bits per heavy atom. The maximum Gasteiger partial charge on any atom is 0.306 e. The van der Waals surface area contributed by atoms with Gasteiger partial charge in [-0.15, -0.1) is 0 Å². The third kappa shape index (κ3) is 54.1. The molecule has 0 N–H and O–H groups in total. The number of carbonyl (C=O) groups excluding carboxylic acids is 3. The highest BCUT2D eigenvalue weighted by molar-refractivity contribution is 5.71. The Hall–Kier alpha value is -2.89. The van der Waals surface area contributed by atoms with E-state index in [1.165, 1.54) is 173 Å². The first-order valence-corrected chi connectivity index (χ1v) is 29.4. The summed E-state index contributed by atoms with van der Waals surface area (Å²) >= 11 is 0. The fourth-order valence-corrected chi connectivity index (χ4v) is 8.47. The molecule has 0 aromatic carbocycles. The molecule has 0 heterocycles. The molecule has 0 aliphatic heterocycles. The third-order valence-corrected chi connectivity index (χ3v) is 12.9. The molecule has 0 fully saturated rings. The Labute approximate surface area is 421 Å². The van der Waals surface area contributed by atoms with Gasteiger partial charge in [-0.25, -0.2) is 0 Å². The fourth-order valence-electron chi connectivity index (χ4n) is 8.47. The summed E-state index contributed by atoms with van der Waals surface area (Å²) in [6.45, 7) is 6.57. The van der Waals surface area contributed by atoms with Crippen LogP contribution in [0.1, 0.15) is 297 Å². The van der Waals surface area contributed by atoms with Crippen LogP contribution in [-0.2, 0) is 28.6 Å². The SMILES string of the molecule is CCC\C=C/C=C\C=C/C=C\C=C/CCCCCCCC(=O)OCC(COC(=O)CCCCCCCCCCCCCCCCCC)OC(=O)CCCCCCCCCCCCCCCCCC. The lowest BCUT2D eigenvalue weighted by molar-refractivity contribution is -0.167. The predicted octanol–water partition coefficient (Wildman–Crippen LogP) is 19.6. The minimum absolute atomic E-state index is 0.0784. The van der Waals surface area contributed by atoms with E-state index in [1.54, 1.807) is 0 Å². The van der Waals surface area contributed by atoms with Crippen molar-refractivity contribution < 1.29 is 28.6 Å². The first kappa shape index (κ1) is 65.1. The largest absolute Gasteiger partial charge is 0.462 e. The Bertz CT molecular complexity index is 1230. The summed E-state index contributed by atoms with van der Waals surface area (Å²) in [6, 6.07) is 0. The Kier molecular flexibility index (Phi) is 54.3. The van der Waals surface area contributed by atoms with Crippen LogP contribution < -0.4 is 0 Å². The van der Waals surface area contributed by atoms with E-state index in [2.05, 4.69) is 57.2 Å².